The van der Waals surface area contributed by atoms with Gasteiger partial charge in [-0.25, -0.2) is 0 Å². The predicted molar refractivity (Wildman–Crippen MR) is 79.3 cm³/mol. The molecule has 0 spiro atoms. The third-order valence-electron chi connectivity index (χ3n) is 2.35. The minimum Gasteiger partial charge on any atom is -0.356 e. The molecule has 21 heavy (non-hydrogen) atoms. The number of nitrogens with one attached hydrogen (secondary N) is 2. The van der Waals surface area contributed by atoms with E-state index in [-0.39, 0.29) is 19.4 Å². The minimum atomic E-state index is -4.03. The molecule has 0 aromatic heterocycles. The summed E-state index contributed by atoms with van der Waals surface area (Å²) in [5, 5.41) is 4.94. The van der Waals surface area contributed by atoms with Gasteiger partial charge in [-0.15, -0.1) is 0 Å². The fourth-order valence-electron chi connectivity index (χ4n) is 1.33. The number of hydrogen-bond acceptors (Lipinski definition) is 7. The number of nitrogens with two attached hydrogens (primary N) is 1. The van der Waals surface area contributed by atoms with Gasteiger partial charge in [-0.1, -0.05) is 0 Å². The van der Waals surface area contributed by atoms with Crippen LogP contribution in [0, 0.1) is 0 Å². The Morgan fingerprint density at radius 1 is 1.19 bits per heavy atom. The van der Waals surface area contributed by atoms with Gasteiger partial charge in [0.2, 0.25) is 11.8 Å². The van der Waals surface area contributed by atoms with E-state index in [9.17, 15) is 18.0 Å². The Balaban J connectivity index is 3.80. The smallest absolute Gasteiger partial charge is 0.264 e. The van der Waals surface area contributed by atoms with Gasteiger partial charge in [0.05, 0.1) is 18.2 Å². The summed E-state index contributed by atoms with van der Waals surface area (Å²) in [4.78, 5) is 22.9. The molecule has 1 atom stereocenters. The van der Waals surface area contributed by atoms with E-state index in [0.29, 0.717) is 30.8 Å². The standard InChI is InChI=1S/C10H21N3O6S2/c11-8(10(15)13-3-1-5-20-16)7-9(14)12-4-2-6-21(17,18)19/h8,16H,1-7,11H2,(H,12,14)(H,13,15)(H,17,18,19). The van der Waals surface area contributed by atoms with Crippen molar-refractivity contribution in [2.24, 2.45) is 5.73 Å². The fraction of sp³-hybridized carbons (Fsp3) is 0.800. The first-order valence-electron chi connectivity index (χ1n) is 6.27. The van der Waals surface area contributed by atoms with E-state index < -0.39 is 33.7 Å². The second kappa shape index (κ2) is 10.8. The Hall–Kier alpha value is -0.880. The minimum absolute atomic E-state index is 0.0701. The van der Waals surface area contributed by atoms with Gasteiger partial charge in [0.1, 0.15) is 0 Å². The summed E-state index contributed by atoms with van der Waals surface area (Å²) in [7, 11) is -4.03. The molecule has 6 N–H and O–H groups in total. The van der Waals surface area contributed by atoms with Crippen molar-refractivity contribution >= 4 is 34.0 Å². The number of amides is 2. The highest BCUT2D eigenvalue weighted by Crippen LogP contribution is 1.94. The topological polar surface area (TPSA) is 159 Å². The van der Waals surface area contributed by atoms with Crippen LogP contribution >= 0.6 is 12.0 Å². The van der Waals surface area contributed by atoms with Crippen molar-refractivity contribution in [3.8, 4) is 0 Å². The molecule has 0 aromatic rings. The first-order chi connectivity index (χ1) is 9.76. The van der Waals surface area contributed by atoms with E-state index in [4.69, 9.17) is 14.8 Å². The van der Waals surface area contributed by atoms with Crippen molar-refractivity contribution in [2.45, 2.75) is 25.3 Å². The zero-order valence-electron chi connectivity index (χ0n) is 11.4. The van der Waals surface area contributed by atoms with Crippen LogP contribution in [0.5, 0.6) is 0 Å². The molecule has 0 heterocycles. The molecule has 0 aromatic carbocycles. The average molecular weight is 343 g/mol. The molecule has 9 nitrogen and oxygen atoms in total. The monoisotopic (exact) mass is 343 g/mol. The van der Waals surface area contributed by atoms with Crippen molar-refractivity contribution in [1.82, 2.24) is 10.6 Å². The van der Waals surface area contributed by atoms with Crippen LogP contribution < -0.4 is 16.4 Å². The van der Waals surface area contributed by atoms with Crippen molar-refractivity contribution in [3.05, 3.63) is 0 Å². The third kappa shape index (κ3) is 12.6. The molecule has 0 fully saturated rings. The van der Waals surface area contributed by atoms with E-state index in [2.05, 4.69) is 10.6 Å². The van der Waals surface area contributed by atoms with Crippen LogP contribution in [0.3, 0.4) is 0 Å². The van der Waals surface area contributed by atoms with E-state index in [0.717, 1.165) is 0 Å². The lowest BCUT2D eigenvalue weighted by Gasteiger charge is -2.12. The number of rotatable bonds is 11. The average Bonchev–Trinajstić information content (AvgIpc) is 2.38. The van der Waals surface area contributed by atoms with Gasteiger partial charge < -0.3 is 20.9 Å². The maximum absolute atomic E-state index is 11.5. The first kappa shape index (κ1) is 20.1. The largest absolute Gasteiger partial charge is 0.356 e. The summed E-state index contributed by atoms with van der Waals surface area (Å²) in [6.45, 7) is 0.427. The van der Waals surface area contributed by atoms with Crippen LogP contribution in [-0.4, -0.2) is 60.0 Å². The number of carbonyl (C=O) groups is 2. The zero-order chi connectivity index (χ0) is 16.3. The molecule has 0 aliphatic rings. The summed E-state index contributed by atoms with van der Waals surface area (Å²) in [6, 6.07) is -0.992. The molecule has 0 bridgehead atoms. The van der Waals surface area contributed by atoms with Gasteiger partial charge >= 0.3 is 0 Å². The Morgan fingerprint density at radius 2 is 1.81 bits per heavy atom. The molecule has 124 valence electrons. The van der Waals surface area contributed by atoms with Crippen LogP contribution in [-0.2, 0) is 19.7 Å². The summed E-state index contributed by atoms with van der Waals surface area (Å²) >= 11 is 0.678. The first-order valence-corrected chi connectivity index (χ1v) is 8.83. The zero-order valence-corrected chi connectivity index (χ0v) is 13.1. The molecule has 1 unspecified atom stereocenters. The van der Waals surface area contributed by atoms with E-state index in [1.165, 1.54) is 0 Å². The van der Waals surface area contributed by atoms with Crippen molar-refractivity contribution < 1.29 is 27.1 Å². The normalized spacial score (nSPS) is 12.7. The molecular weight excluding hydrogens is 322 g/mol. The molecule has 0 saturated heterocycles. The highest BCUT2D eigenvalue weighted by molar-refractivity contribution is 7.93. The highest BCUT2D eigenvalue weighted by Gasteiger charge is 2.16. The predicted octanol–water partition coefficient (Wildman–Crippen LogP) is -1.19. The van der Waals surface area contributed by atoms with Gasteiger partial charge in [-0.05, 0) is 24.9 Å². The third-order valence-corrected chi connectivity index (χ3v) is 3.63. The lowest BCUT2D eigenvalue weighted by molar-refractivity contribution is -0.127. The number of carbonyl (C=O) groups excluding carboxylic acids is 2. The fourth-order valence-corrected chi connectivity index (χ4v) is 2.11. The highest BCUT2D eigenvalue weighted by atomic mass is 32.2. The molecule has 0 radical (unpaired) electrons. The molecule has 2 amide bonds. The molecule has 11 heteroatoms. The summed E-state index contributed by atoms with van der Waals surface area (Å²) in [5.74, 6) is -0.892. The summed E-state index contributed by atoms with van der Waals surface area (Å²) in [5.41, 5.74) is 5.54. The van der Waals surface area contributed by atoms with Crippen molar-refractivity contribution in [3.63, 3.8) is 0 Å². The molecule has 0 aliphatic carbocycles. The van der Waals surface area contributed by atoms with Gasteiger partial charge in [0, 0.05) is 18.8 Å². The maximum atomic E-state index is 11.5. The summed E-state index contributed by atoms with van der Waals surface area (Å²) in [6.07, 6.45) is 0.443. The lowest BCUT2D eigenvalue weighted by atomic mass is 10.2. The van der Waals surface area contributed by atoms with Gasteiger partial charge in [0.25, 0.3) is 10.1 Å². The van der Waals surface area contributed by atoms with Gasteiger partial charge in [-0.3, -0.25) is 14.1 Å². The second-order valence-electron chi connectivity index (χ2n) is 4.28. The van der Waals surface area contributed by atoms with Gasteiger partial charge in [0.15, 0.2) is 0 Å². The lowest BCUT2D eigenvalue weighted by Crippen LogP contribution is -2.44. The van der Waals surface area contributed by atoms with Crippen LogP contribution in [0.1, 0.15) is 19.3 Å². The Labute approximate surface area is 128 Å². The van der Waals surface area contributed by atoms with Crippen molar-refractivity contribution in [2.75, 3.05) is 24.6 Å². The second-order valence-corrected chi connectivity index (χ2v) is 6.52. The maximum Gasteiger partial charge on any atom is 0.264 e. The Bertz CT molecular complexity index is 429. The quantitative estimate of drug-likeness (QED) is 0.178. The number of hydrogen-bond donors (Lipinski definition) is 5. The van der Waals surface area contributed by atoms with Crippen LogP contribution in [0.15, 0.2) is 0 Å². The Kier molecular flexibility index (Phi) is 10.3. The molecule has 0 aliphatic heterocycles. The molecular formula is C10H21N3O6S2. The molecule has 0 rings (SSSR count). The SMILES string of the molecule is NC(CC(=O)NCCCS(=O)(=O)O)C(=O)NCCCSO. The Morgan fingerprint density at radius 3 is 2.38 bits per heavy atom. The summed E-state index contributed by atoms with van der Waals surface area (Å²) < 4.78 is 37.9. The van der Waals surface area contributed by atoms with Crippen LogP contribution in [0.4, 0.5) is 0 Å². The van der Waals surface area contributed by atoms with Crippen LogP contribution in [0.2, 0.25) is 0 Å². The van der Waals surface area contributed by atoms with E-state index >= 15 is 0 Å². The van der Waals surface area contributed by atoms with E-state index in [1.54, 1.807) is 0 Å². The van der Waals surface area contributed by atoms with Crippen molar-refractivity contribution in [1.29, 1.82) is 0 Å². The van der Waals surface area contributed by atoms with Gasteiger partial charge in [-0.2, -0.15) is 8.42 Å². The van der Waals surface area contributed by atoms with Crippen LogP contribution in [0.25, 0.3) is 0 Å². The van der Waals surface area contributed by atoms with E-state index in [1.807, 2.05) is 0 Å². The molecule has 0 saturated carbocycles.